The van der Waals surface area contributed by atoms with E-state index in [9.17, 15) is 26.4 Å². The molecule has 0 aliphatic rings. The molecule has 0 spiro atoms. The van der Waals surface area contributed by atoms with Gasteiger partial charge in [-0.15, -0.1) is 0 Å². The van der Waals surface area contributed by atoms with Gasteiger partial charge in [0.2, 0.25) is 0 Å². The van der Waals surface area contributed by atoms with E-state index in [1.54, 1.807) is 24.3 Å². The molecule has 0 heterocycles. The Bertz CT molecular complexity index is 1450. The summed E-state index contributed by atoms with van der Waals surface area (Å²) in [6.07, 6.45) is 0. The van der Waals surface area contributed by atoms with Gasteiger partial charge in [-0.3, -0.25) is 9.59 Å². The number of carbonyl (C=O) groups excluding carboxylic acids is 2. The van der Waals surface area contributed by atoms with Crippen LogP contribution in [-0.2, 0) is 29.6 Å². The van der Waals surface area contributed by atoms with E-state index in [1.165, 1.54) is 97.1 Å². The molecule has 0 aromatic heterocycles. The summed E-state index contributed by atoms with van der Waals surface area (Å²) in [4.78, 5) is 26.8. The summed E-state index contributed by atoms with van der Waals surface area (Å²) in [5, 5.41) is 0. The van der Waals surface area contributed by atoms with Crippen molar-refractivity contribution in [3.05, 3.63) is 121 Å². The number of rotatable bonds is 6. The van der Waals surface area contributed by atoms with Crippen LogP contribution in [0.3, 0.4) is 0 Å². The maximum absolute atomic E-state index is 13.6. The fourth-order valence-corrected chi connectivity index (χ4v) is 6.24. The first-order valence-corrected chi connectivity index (χ1v) is 13.5. The van der Waals surface area contributed by atoms with Crippen LogP contribution in [0.1, 0.15) is 0 Å². The lowest BCUT2D eigenvalue weighted by atomic mass is 10.3. The van der Waals surface area contributed by atoms with Crippen LogP contribution in [0.5, 0.6) is 0 Å². The Morgan fingerprint density at radius 2 is 0.667 bits per heavy atom. The minimum atomic E-state index is -4.58. The van der Waals surface area contributed by atoms with Crippen molar-refractivity contribution >= 4 is 43.2 Å². The average Bonchev–Trinajstić information content (AvgIpc) is 2.91. The van der Waals surface area contributed by atoms with E-state index in [2.05, 4.69) is 0 Å². The van der Waals surface area contributed by atoms with Gasteiger partial charge in [-0.2, -0.15) is 8.61 Å². The fourth-order valence-electron chi connectivity index (χ4n) is 3.43. The van der Waals surface area contributed by atoms with Gasteiger partial charge in [0.15, 0.2) is 0 Å². The Labute approximate surface area is 209 Å². The molecule has 0 fully saturated rings. The molecular weight excluding hydrogens is 500 g/mol. The number of hydrogen-bond acceptors (Lipinski definition) is 6. The predicted octanol–water partition coefficient (Wildman–Crippen LogP) is 3.83. The summed E-state index contributed by atoms with van der Waals surface area (Å²) in [7, 11) is -9.17. The van der Waals surface area contributed by atoms with E-state index in [4.69, 9.17) is 0 Å². The number of sulfonamides is 2. The molecule has 0 unspecified atom stereocenters. The van der Waals surface area contributed by atoms with Crippen molar-refractivity contribution in [2.75, 3.05) is 8.61 Å². The maximum Gasteiger partial charge on any atom is 0.331 e. The van der Waals surface area contributed by atoms with Gasteiger partial charge in [-0.25, -0.2) is 16.8 Å². The van der Waals surface area contributed by atoms with Crippen LogP contribution >= 0.6 is 0 Å². The molecule has 36 heavy (non-hydrogen) atoms. The van der Waals surface area contributed by atoms with E-state index < -0.39 is 31.9 Å². The third-order valence-corrected chi connectivity index (χ3v) is 8.55. The molecule has 10 heteroatoms. The number of anilines is 2. The number of carbonyl (C=O) groups is 2. The molecule has 4 aromatic carbocycles. The molecule has 8 nitrogen and oxygen atoms in total. The zero-order chi connectivity index (χ0) is 25.8. The predicted molar refractivity (Wildman–Crippen MR) is 135 cm³/mol. The highest BCUT2D eigenvalue weighted by Crippen LogP contribution is 2.28. The number of nitrogens with zero attached hydrogens (tertiary/aromatic N) is 2. The highest BCUT2D eigenvalue weighted by molar-refractivity contribution is 7.94. The lowest BCUT2D eigenvalue weighted by molar-refractivity contribution is -0.134. The van der Waals surface area contributed by atoms with Gasteiger partial charge in [0, 0.05) is 0 Å². The average molecular weight is 521 g/mol. The number of hydrogen-bond donors (Lipinski definition) is 0. The molecule has 0 aliphatic heterocycles. The first-order chi connectivity index (χ1) is 17.2. The monoisotopic (exact) mass is 520 g/mol. The first-order valence-electron chi connectivity index (χ1n) is 10.6. The van der Waals surface area contributed by atoms with Gasteiger partial charge in [0.25, 0.3) is 20.0 Å². The standard InChI is InChI=1S/C26H20N2O6S2/c29-25(27(21-13-5-1-6-14-21)35(31,32)23-17-9-3-10-18-23)26(30)28(22-15-7-2-8-16-22)36(33,34)24-19-11-4-12-20-24/h1-20H. The molecule has 2 amide bonds. The van der Waals surface area contributed by atoms with Crippen molar-refractivity contribution in [3.8, 4) is 0 Å². The number of amides is 2. The van der Waals surface area contributed by atoms with E-state index >= 15 is 0 Å². The molecule has 0 bridgehead atoms. The molecule has 4 rings (SSSR count). The van der Waals surface area contributed by atoms with Gasteiger partial charge < -0.3 is 0 Å². The lowest BCUT2D eigenvalue weighted by Gasteiger charge is -2.26. The Hall–Kier alpha value is -4.28. The second-order valence-corrected chi connectivity index (χ2v) is 11.0. The molecule has 0 saturated heterocycles. The second-order valence-electron chi connectivity index (χ2n) is 7.45. The van der Waals surface area contributed by atoms with Gasteiger partial charge >= 0.3 is 11.8 Å². The first kappa shape index (κ1) is 24.8. The number of benzene rings is 4. The lowest BCUT2D eigenvalue weighted by Crippen LogP contribution is -2.50. The third-order valence-electron chi connectivity index (χ3n) is 5.10. The maximum atomic E-state index is 13.6. The third kappa shape index (κ3) is 4.77. The molecule has 0 N–H and O–H groups in total. The van der Waals surface area contributed by atoms with Crippen molar-refractivity contribution < 1.29 is 26.4 Å². The quantitative estimate of drug-likeness (QED) is 0.358. The molecule has 0 atom stereocenters. The van der Waals surface area contributed by atoms with Crippen LogP contribution in [0.25, 0.3) is 0 Å². The molecule has 4 aromatic rings. The summed E-state index contributed by atoms with van der Waals surface area (Å²) in [5.41, 5.74) is -0.241. The largest absolute Gasteiger partial charge is 0.331 e. The number of para-hydroxylation sites is 2. The van der Waals surface area contributed by atoms with Gasteiger partial charge in [0.1, 0.15) is 0 Å². The summed E-state index contributed by atoms with van der Waals surface area (Å²) >= 11 is 0. The van der Waals surface area contributed by atoms with Crippen molar-refractivity contribution in [2.24, 2.45) is 0 Å². The van der Waals surface area contributed by atoms with Gasteiger partial charge in [-0.1, -0.05) is 72.8 Å². The Kier molecular flexibility index (Phi) is 7.00. The Morgan fingerprint density at radius 1 is 0.417 bits per heavy atom. The van der Waals surface area contributed by atoms with Crippen LogP contribution in [0.15, 0.2) is 131 Å². The van der Waals surface area contributed by atoms with Crippen LogP contribution in [-0.4, -0.2) is 28.6 Å². The Morgan fingerprint density at radius 3 is 0.944 bits per heavy atom. The Balaban J connectivity index is 1.88. The SMILES string of the molecule is O=C(C(=O)N(c1ccccc1)S(=O)(=O)c1ccccc1)N(c1ccccc1)S(=O)(=O)c1ccccc1. The van der Waals surface area contributed by atoms with Crippen molar-refractivity contribution in [1.29, 1.82) is 0 Å². The van der Waals surface area contributed by atoms with Crippen LogP contribution < -0.4 is 8.61 Å². The summed E-state index contributed by atoms with van der Waals surface area (Å²) in [5.74, 6) is -3.12. The molecule has 0 saturated carbocycles. The molecule has 0 aliphatic carbocycles. The summed E-state index contributed by atoms with van der Waals surface area (Å²) in [6, 6.07) is 28.7. The minimum absolute atomic E-state index is 0.121. The van der Waals surface area contributed by atoms with Crippen molar-refractivity contribution in [3.63, 3.8) is 0 Å². The van der Waals surface area contributed by atoms with Crippen LogP contribution in [0.4, 0.5) is 11.4 Å². The van der Waals surface area contributed by atoms with Crippen molar-refractivity contribution in [2.45, 2.75) is 9.79 Å². The van der Waals surface area contributed by atoms with Crippen molar-refractivity contribution in [1.82, 2.24) is 0 Å². The summed E-state index contributed by atoms with van der Waals surface area (Å²) in [6.45, 7) is 0. The zero-order valence-electron chi connectivity index (χ0n) is 18.7. The molecule has 182 valence electrons. The van der Waals surface area contributed by atoms with E-state index in [1.807, 2.05) is 0 Å². The smallest absolute Gasteiger partial charge is 0.262 e. The minimum Gasteiger partial charge on any atom is -0.262 e. The normalized spacial score (nSPS) is 11.4. The van der Waals surface area contributed by atoms with E-state index in [0.29, 0.717) is 8.61 Å². The second kappa shape index (κ2) is 10.1. The van der Waals surface area contributed by atoms with Crippen LogP contribution in [0.2, 0.25) is 0 Å². The topological polar surface area (TPSA) is 109 Å². The summed E-state index contributed by atoms with van der Waals surface area (Å²) < 4.78 is 54.8. The molecular formula is C26H20N2O6S2. The highest BCUT2D eigenvalue weighted by Gasteiger charge is 2.42. The molecule has 0 radical (unpaired) electrons. The van der Waals surface area contributed by atoms with E-state index in [-0.39, 0.29) is 21.2 Å². The van der Waals surface area contributed by atoms with Crippen LogP contribution in [0, 0.1) is 0 Å². The fraction of sp³-hybridized carbons (Fsp3) is 0. The van der Waals surface area contributed by atoms with E-state index in [0.717, 1.165) is 0 Å². The zero-order valence-corrected chi connectivity index (χ0v) is 20.3. The van der Waals surface area contributed by atoms with Gasteiger partial charge in [-0.05, 0) is 48.5 Å². The highest BCUT2D eigenvalue weighted by atomic mass is 32.2. The van der Waals surface area contributed by atoms with Gasteiger partial charge in [0.05, 0.1) is 21.2 Å².